The summed E-state index contributed by atoms with van der Waals surface area (Å²) >= 11 is 0. The molecule has 0 aliphatic heterocycles. The fourth-order valence-electron chi connectivity index (χ4n) is 1.44. The monoisotopic (exact) mass is 229 g/mol. The van der Waals surface area contributed by atoms with Crippen molar-refractivity contribution in [3.05, 3.63) is 30.1 Å². The van der Waals surface area contributed by atoms with Gasteiger partial charge in [0.1, 0.15) is 5.75 Å². The van der Waals surface area contributed by atoms with Crippen LogP contribution in [0.1, 0.15) is 18.4 Å². The van der Waals surface area contributed by atoms with Crippen molar-refractivity contribution < 1.29 is 17.9 Å². The summed E-state index contributed by atoms with van der Waals surface area (Å²) in [7, 11) is 0. The van der Waals surface area contributed by atoms with Crippen molar-refractivity contribution in [3.8, 4) is 5.75 Å². The predicted octanol–water partition coefficient (Wildman–Crippen LogP) is 3.20. The average Bonchev–Trinajstić information content (AvgIpc) is 2.12. The minimum atomic E-state index is -4.31. The molecule has 0 saturated carbocycles. The zero-order chi connectivity index (χ0) is 11.6. The molecule has 0 aromatic carbocycles. The second-order valence-electron chi connectivity index (χ2n) is 3.54. The first-order valence-electron chi connectivity index (χ1n) is 4.89. The van der Waals surface area contributed by atoms with Gasteiger partial charge in [-0.15, -0.1) is 0 Å². The summed E-state index contributed by atoms with van der Waals surface area (Å²) in [6.07, 6.45) is 2.45. The SMILES string of the molecule is FC(F)(F)COc1ccncc1C1=CCC1. The van der Waals surface area contributed by atoms with E-state index in [0.29, 0.717) is 5.56 Å². The van der Waals surface area contributed by atoms with E-state index >= 15 is 0 Å². The number of ether oxygens (including phenoxy) is 1. The van der Waals surface area contributed by atoms with E-state index in [-0.39, 0.29) is 5.75 Å². The molecule has 0 bridgehead atoms. The van der Waals surface area contributed by atoms with Gasteiger partial charge in [0.25, 0.3) is 0 Å². The Hall–Kier alpha value is -1.52. The van der Waals surface area contributed by atoms with E-state index in [9.17, 15) is 13.2 Å². The van der Waals surface area contributed by atoms with Gasteiger partial charge in [0.15, 0.2) is 6.61 Å². The molecule has 5 heteroatoms. The molecule has 2 rings (SSSR count). The molecule has 0 amide bonds. The van der Waals surface area contributed by atoms with Gasteiger partial charge in [-0.2, -0.15) is 13.2 Å². The van der Waals surface area contributed by atoms with Crippen molar-refractivity contribution in [2.24, 2.45) is 0 Å². The van der Waals surface area contributed by atoms with Crippen LogP contribution in [0.25, 0.3) is 5.57 Å². The van der Waals surface area contributed by atoms with E-state index < -0.39 is 12.8 Å². The second-order valence-corrected chi connectivity index (χ2v) is 3.54. The van der Waals surface area contributed by atoms with Crippen LogP contribution in [0.15, 0.2) is 24.5 Å². The Morgan fingerprint density at radius 3 is 2.69 bits per heavy atom. The standard InChI is InChI=1S/C11H10F3NO/c12-11(13,14)7-16-10-4-5-15-6-9(10)8-2-1-3-8/h2,4-6H,1,3,7H2. The molecular weight excluding hydrogens is 219 g/mol. The van der Waals surface area contributed by atoms with Gasteiger partial charge in [-0.25, -0.2) is 0 Å². The maximum atomic E-state index is 12.0. The highest BCUT2D eigenvalue weighted by Gasteiger charge is 2.29. The topological polar surface area (TPSA) is 22.1 Å². The Morgan fingerprint density at radius 1 is 1.38 bits per heavy atom. The third kappa shape index (κ3) is 2.53. The molecule has 1 aliphatic carbocycles. The molecule has 2 nitrogen and oxygen atoms in total. The van der Waals surface area contributed by atoms with E-state index in [2.05, 4.69) is 4.98 Å². The minimum Gasteiger partial charge on any atom is -0.483 e. The summed E-state index contributed by atoms with van der Waals surface area (Å²) in [5, 5.41) is 0. The van der Waals surface area contributed by atoms with Crippen LogP contribution in [-0.4, -0.2) is 17.8 Å². The van der Waals surface area contributed by atoms with E-state index in [0.717, 1.165) is 18.4 Å². The van der Waals surface area contributed by atoms with Crippen molar-refractivity contribution in [1.82, 2.24) is 4.98 Å². The molecule has 1 aromatic rings. The Morgan fingerprint density at radius 2 is 2.12 bits per heavy atom. The third-order valence-electron chi connectivity index (χ3n) is 2.32. The number of hydrogen-bond donors (Lipinski definition) is 0. The summed E-state index contributed by atoms with van der Waals surface area (Å²) in [6, 6.07) is 1.46. The lowest BCUT2D eigenvalue weighted by Crippen LogP contribution is -2.19. The number of nitrogens with zero attached hydrogens (tertiary/aromatic N) is 1. The normalized spacial score (nSPS) is 15.3. The lowest BCUT2D eigenvalue weighted by atomic mass is 9.92. The molecule has 0 radical (unpaired) electrons. The van der Waals surface area contributed by atoms with Crippen LogP contribution in [0, 0.1) is 0 Å². The molecular formula is C11H10F3NO. The van der Waals surface area contributed by atoms with Gasteiger partial charge in [-0.1, -0.05) is 6.08 Å². The first-order chi connectivity index (χ1) is 7.56. The molecule has 86 valence electrons. The molecule has 0 saturated heterocycles. The molecule has 0 spiro atoms. The number of halogens is 3. The Balaban J connectivity index is 2.14. The number of pyridine rings is 1. The largest absolute Gasteiger partial charge is 0.483 e. The molecule has 1 aromatic heterocycles. The van der Waals surface area contributed by atoms with E-state index in [4.69, 9.17) is 4.74 Å². The highest BCUT2D eigenvalue weighted by molar-refractivity contribution is 5.73. The van der Waals surface area contributed by atoms with Gasteiger partial charge in [0.2, 0.25) is 0 Å². The van der Waals surface area contributed by atoms with Crippen LogP contribution in [-0.2, 0) is 0 Å². The molecule has 0 N–H and O–H groups in total. The lowest BCUT2D eigenvalue weighted by Gasteiger charge is -2.18. The van der Waals surface area contributed by atoms with E-state index in [1.54, 1.807) is 0 Å². The lowest BCUT2D eigenvalue weighted by molar-refractivity contribution is -0.153. The first-order valence-corrected chi connectivity index (χ1v) is 4.89. The summed E-state index contributed by atoms with van der Waals surface area (Å²) in [4.78, 5) is 3.89. The number of aromatic nitrogens is 1. The van der Waals surface area contributed by atoms with Crippen LogP contribution >= 0.6 is 0 Å². The summed E-state index contributed by atoms with van der Waals surface area (Å²) < 4.78 is 40.8. The minimum absolute atomic E-state index is 0.248. The Bertz CT molecular complexity index is 412. The maximum absolute atomic E-state index is 12.0. The summed E-state index contributed by atoms with van der Waals surface area (Å²) in [5.41, 5.74) is 1.67. The molecule has 0 unspecified atom stereocenters. The predicted molar refractivity (Wildman–Crippen MR) is 53.0 cm³/mol. The van der Waals surface area contributed by atoms with Gasteiger partial charge in [-0.3, -0.25) is 4.98 Å². The fourth-order valence-corrected chi connectivity index (χ4v) is 1.44. The number of allylic oxidation sites excluding steroid dienone is 2. The summed E-state index contributed by atoms with van der Waals surface area (Å²) in [6.45, 7) is -1.27. The van der Waals surface area contributed by atoms with Gasteiger partial charge in [0, 0.05) is 18.0 Å². The highest BCUT2D eigenvalue weighted by atomic mass is 19.4. The smallest absolute Gasteiger partial charge is 0.422 e. The number of hydrogen-bond acceptors (Lipinski definition) is 2. The zero-order valence-corrected chi connectivity index (χ0v) is 8.42. The molecule has 0 atom stereocenters. The van der Waals surface area contributed by atoms with Crippen molar-refractivity contribution in [1.29, 1.82) is 0 Å². The number of alkyl halides is 3. The Kier molecular flexibility index (Phi) is 2.85. The molecule has 16 heavy (non-hydrogen) atoms. The zero-order valence-electron chi connectivity index (χ0n) is 8.42. The van der Waals surface area contributed by atoms with Crippen LogP contribution in [0.2, 0.25) is 0 Å². The highest BCUT2D eigenvalue weighted by Crippen LogP contribution is 2.34. The van der Waals surface area contributed by atoms with Crippen LogP contribution in [0.3, 0.4) is 0 Å². The van der Waals surface area contributed by atoms with E-state index in [1.165, 1.54) is 18.5 Å². The molecule has 1 heterocycles. The molecule has 1 aliphatic rings. The first kappa shape index (κ1) is 11.0. The van der Waals surface area contributed by atoms with Crippen LogP contribution in [0.4, 0.5) is 13.2 Å². The van der Waals surface area contributed by atoms with Crippen LogP contribution < -0.4 is 4.74 Å². The van der Waals surface area contributed by atoms with Gasteiger partial charge in [0.05, 0.1) is 0 Å². The third-order valence-corrected chi connectivity index (χ3v) is 2.32. The van der Waals surface area contributed by atoms with Crippen molar-refractivity contribution in [2.75, 3.05) is 6.61 Å². The summed E-state index contributed by atoms with van der Waals surface area (Å²) in [5.74, 6) is 0.248. The van der Waals surface area contributed by atoms with Crippen molar-refractivity contribution >= 4 is 5.57 Å². The van der Waals surface area contributed by atoms with E-state index in [1.807, 2.05) is 6.08 Å². The fraction of sp³-hybridized carbons (Fsp3) is 0.364. The maximum Gasteiger partial charge on any atom is 0.422 e. The van der Waals surface area contributed by atoms with Crippen LogP contribution in [0.5, 0.6) is 5.75 Å². The average molecular weight is 229 g/mol. The van der Waals surface area contributed by atoms with Crippen molar-refractivity contribution in [2.45, 2.75) is 19.0 Å². The molecule has 0 fully saturated rings. The van der Waals surface area contributed by atoms with Gasteiger partial charge in [-0.05, 0) is 24.5 Å². The van der Waals surface area contributed by atoms with Gasteiger partial charge >= 0.3 is 6.18 Å². The second kappa shape index (κ2) is 4.15. The number of rotatable bonds is 3. The van der Waals surface area contributed by atoms with Gasteiger partial charge < -0.3 is 4.74 Å². The van der Waals surface area contributed by atoms with Crippen molar-refractivity contribution in [3.63, 3.8) is 0 Å². The quantitative estimate of drug-likeness (QED) is 0.794. The Labute approximate surface area is 90.8 Å².